The first kappa shape index (κ1) is 36.1. The second kappa shape index (κ2) is 12.1. The SMILES string of the molecule is CC(C)(C)OC(=O)N1CC2(CC2)C[C@@H]1c1ncc(-c2ccc3c(c2)C(F)(F)c2cc(-c4ccc5nc([C@@H]6[C@H]7CC[C@H](C7)N6C(=O)OC(C)(C)C)[nH]c5c4)ccc2-3)[nH]1. The molecule has 12 heteroatoms. The molecule has 10 rings (SSSR count). The molecule has 2 bridgehead atoms. The topological polar surface area (TPSA) is 116 Å². The summed E-state index contributed by atoms with van der Waals surface area (Å²) in [4.78, 5) is 46.6. The number of ether oxygens (including phenoxy) is 2. The maximum Gasteiger partial charge on any atom is 0.411 e. The van der Waals surface area contributed by atoms with E-state index in [2.05, 4.69) is 15.0 Å². The monoisotopic (exact) mass is 774 g/mol. The van der Waals surface area contributed by atoms with Crippen LogP contribution >= 0.6 is 0 Å². The number of imidazole rings is 2. The van der Waals surface area contributed by atoms with Crippen molar-refractivity contribution < 1.29 is 27.8 Å². The number of rotatable bonds is 4. The second-order valence-electron chi connectivity index (χ2n) is 19.0. The number of carbonyl (C=O) groups is 2. The molecule has 5 aromatic rings. The highest BCUT2D eigenvalue weighted by Crippen LogP contribution is 2.59. The molecule has 4 fully saturated rings. The number of fused-ring (bicyclic) bond motifs is 6. The summed E-state index contributed by atoms with van der Waals surface area (Å²) in [6.45, 7) is 11.8. The van der Waals surface area contributed by atoms with Gasteiger partial charge in [0, 0.05) is 29.3 Å². The van der Waals surface area contributed by atoms with Crippen LogP contribution in [0, 0.1) is 11.3 Å². The van der Waals surface area contributed by atoms with Gasteiger partial charge < -0.3 is 19.4 Å². The fourth-order valence-corrected chi connectivity index (χ4v) is 9.84. The van der Waals surface area contributed by atoms with Gasteiger partial charge in [0.1, 0.15) is 22.9 Å². The molecule has 3 aromatic carbocycles. The second-order valence-corrected chi connectivity index (χ2v) is 19.0. The van der Waals surface area contributed by atoms with Gasteiger partial charge in [0.2, 0.25) is 0 Å². The summed E-state index contributed by atoms with van der Waals surface area (Å²) in [5, 5.41) is 0. The van der Waals surface area contributed by atoms with Crippen molar-refractivity contribution in [3.8, 4) is 33.5 Å². The fraction of sp³-hybridized carbons (Fsp3) is 0.467. The minimum Gasteiger partial charge on any atom is -0.444 e. The normalized spacial score (nSPS) is 24.0. The maximum absolute atomic E-state index is 16.5. The number of hydrogen-bond donors (Lipinski definition) is 2. The number of benzene rings is 3. The van der Waals surface area contributed by atoms with Crippen molar-refractivity contribution in [3.63, 3.8) is 0 Å². The van der Waals surface area contributed by atoms with Gasteiger partial charge in [0.05, 0.1) is 35.0 Å². The Balaban J connectivity index is 0.910. The van der Waals surface area contributed by atoms with E-state index in [0.29, 0.717) is 46.2 Å². The molecule has 1 spiro atoms. The number of nitrogens with zero attached hydrogens (tertiary/aromatic N) is 4. The van der Waals surface area contributed by atoms with E-state index in [0.717, 1.165) is 60.9 Å². The summed E-state index contributed by atoms with van der Waals surface area (Å²) in [5.74, 6) is -1.56. The number of hydrogen-bond acceptors (Lipinski definition) is 6. The largest absolute Gasteiger partial charge is 0.444 e. The molecule has 0 radical (unpaired) electrons. The fourth-order valence-electron chi connectivity index (χ4n) is 9.84. The molecule has 0 unspecified atom stereocenters. The molecule has 5 aliphatic rings. The summed E-state index contributed by atoms with van der Waals surface area (Å²) in [6, 6.07) is 15.9. The lowest BCUT2D eigenvalue weighted by molar-refractivity contribution is 0.00615. The third kappa shape index (κ3) is 6.09. The molecular formula is C45H48F2N6O4. The Kier molecular flexibility index (Phi) is 7.68. The van der Waals surface area contributed by atoms with Gasteiger partial charge >= 0.3 is 12.2 Å². The number of amides is 2. The van der Waals surface area contributed by atoms with Crippen LogP contribution in [0.4, 0.5) is 18.4 Å². The van der Waals surface area contributed by atoms with Gasteiger partial charge in [0.15, 0.2) is 0 Å². The van der Waals surface area contributed by atoms with Crippen molar-refractivity contribution in [1.82, 2.24) is 29.7 Å². The summed E-state index contributed by atoms with van der Waals surface area (Å²) < 4.78 is 44.5. The number of alkyl halides is 2. The third-order valence-corrected chi connectivity index (χ3v) is 12.6. The van der Waals surface area contributed by atoms with Crippen LogP contribution in [0.1, 0.15) is 115 Å². The number of halogens is 2. The Labute approximate surface area is 330 Å². The lowest BCUT2D eigenvalue weighted by Gasteiger charge is -2.35. The van der Waals surface area contributed by atoms with E-state index in [4.69, 9.17) is 14.5 Å². The summed E-state index contributed by atoms with van der Waals surface area (Å²) in [6.07, 6.45) is 6.83. The third-order valence-electron chi connectivity index (χ3n) is 12.6. The highest BCUT2D eigenvalue weighted by molar-refractivity contribution is 5.87. The van der Waals surface area contributed by atoms with Crippen LogP contribution in [0.2, 0.25) is 0 Å². The summed E-state index contributed by atoms with van der Waals surface area (Å²) in [7, 11) is 0. The van der Waals surface area contributed by atoms with E-state index in [1.807, 2.05) is 76.8 Å². The first-order chi connectivity index (χ1) is 27.0. The Bertz CT molecular complexity index is 2470. The van der Waals surface area contributed by atoms with Crippen molar-refractivity contribution in [3.05, 3.63) is 83.6 Å². The number of aromatic nitrogens is 4. The van der Waals surface area contributed by atoms with E-state index in [9.17, 15) is 9.59 Å². The van der Waals surface area contributed by atoms with E-state index >= 15 is 8.78 Å². The number of nitrogens with one attached hydrogen (secondary N) is 2. The van der Waals surface area contributed by atoms with Gasteiger partial charge in [-0.05, 0) is 138 Å². The summed E-state index contributed by atoms with van der Waals surface area (Å²) >= 11 is 0. The zero-order chi connectivity index (χ0) is 39.8. The zero-order valence-corrected chi connectivity index (χ0v) is 33.2. The number of piperidine rings is 1. The lowest BCUT2D eigenvalue weighted by Crippen LogP contribution is -2.43. The first-order valence-corrected chi connectivity index (χ1v) is 20.2. The van der Waals surface area contributed by atoms with Crippen LogP contribution in [0.25, 0.3) is 44.5 Å². The van der Waals surface area contributed by atoms with Crippen molar-refractivity contribution in [2.24, 2.45) is 11.3 Å². The quantitative estimate of drug-likeness (QED) is 0.188. The van der Waals surface area contributed by atoms with Crippen molar-refractivity contribution in [2.75, 3.05) is 6.54 Å². The molecule has 2 aliphatic heterocycles. The van der Waals surface area contributed by atoms with Crippen LogP contribution in [0.5, 0.6) is 0 Å². The van der Waals surface area contributed by atoms with Gasteiger partial charge in [-0.25, -0.2) is 19.6 Å². The molecule has 2 N–H and O–H groups in total. The number of aromatic amines is 2. The minimum absolute atomic E-state index is 0.0356. The standard InChI is InChI=1S/C45H48F2N6O4/c1-42(2,3)56-40(54)52-23-44(15-16-44)21-36(52)38-48-22-35(51-38)26-9-13-30-29-12-8-24(18-31(29)45(46,47)32(30)19-26)25-10-14-33-34(20-25)50-39(49-33)37-27-7-11-28(17-27)53(37)41(55)57-43(4,5)6/h8-10,12-14,18-20,22,27-28,36-37H,7,11,15-17,21,23H2,1-6H3,(H,48,51)(H,49,50)/t27-,28+,36+,37-/m0/s1. The molecular weight excluding hydrogens is 727 g/mol. The van der Waals surface area contributed by atoms with Crippen LogP contribution in [-0.4, -0.2) is 65.7 Å². The molecule has 10 nitrogen and oxygen atoms in total. The Morgan fingerprint density at radius 1 is 0.807 bits per heavy atom. The smallest absolute Gasteiger partial charge is 0.411 e. The number of H-pyrrole nitrogens is 2. The first-order valence-electron chi connectivity index (χ1n) is 20.2. The van der Waals surface area contributed by atoms with Crippen LogP contribution in [0.3, 0.4) is 0 Å². The Morgan fingerprint density at radius 2 is 1.46 bits per heavy atom. The minimum atomic E-state index is -3.23. The Morgan fingerprint density at radius 3 is 2.16 bits per heavy atom. The van der Waals surface area contributed by atoms with Crippen molar-refractivity contribution in [2.45, 2.75) is 115 Å². The predicted molar refractivity (Wildman–Crippen MR) is 211 cm³/mol. The summed E-state index contributed by atoms with van der Waals surface area (Å²) in [5.41, 5.74) is 4.02. The van der Waals surface area contributed by atoms with Crippen LogP contribution < -0.4 is 0 Å². The average Bonchev–Trinajstić information content (AvgIpc) is 3.78. The highest BCUT2D eigenvalue weighted by Gasteiger charge is 2.55. The van der Waals surface area contributed by atoms with Gasteiger partial charge in [-0.3, -0.25) is 9.80 Å². The van der Waals surface area contributed by atoms with Crippen molar-refractivity contribution in [1.29, 1.82) is 0 Å². The van der Waals surface area contributed by atoms with E-state index in [-0.39, 0.29) is 46.9 Å². The molecule has 2 aromatic heterocycles. The van der Waals surface area contributed by atoms with Crippen LogP contribution in [-0.2, 0) is 15.4 Å². The molecule has 296 valence electrons. The highest BCUT2D eigenvalue weighted by atomic mass is 19.3. The molecule has 2 saturated heterocycles. The molecule has 3 aliphatic carbocycles. The molecule has 4 heterocycles. The van der Waals surface area contributed by atoms with E-state index in [1.54, 1.807) is 35.4 Å². The van der Waals surface area contributed by atoms with Gasteiger partial charge in [0.25, 0.3) is 5.92 Å². The maximum atomic E-state index is 16.5. The van der Waals surface area contributed by atoms with Gasteiger partial charge in [-0.1, -0.05) is 30.3 Å². The van der Waals surface area contributed by atoms with E-state index < -0.39 is 17.1 Å². The lowest BCUT2D eigenvalue weighted by atomic mass is 9.98. The molecule has 4 atom stereocenters. The van der Waals surface area contributed by atoms with Crippen LogP contribution in [0.15, 0.2) is 60.8 Å². The predicted octanol–water partition coefficient (Wildman–Crippen LogP) is 10.7. The van der Waals surface area contributed by atoms with E-state index in [1.165, 1.54) is 0 Å². The van der Waals surface area contributed by atoms with Gasteiger partial charge in [-0.2, -0.15) is 8.78 Å². The molecule has 57 heavy (non-hydrogen) atoms. The zero-order valence-electron chi connectivity index (χ0n) is 33.2. The molecule has 2 amide bonds. The van der Waals surface area contributed by atoms with Crippen molar-refractivity contribution >= 4 is 23.2 Å². The average molecular weight is 775 g/mol. The Hall–Kier alpha value is -5.26. The number of likely N-dealkylation sites (tertiary alicyclic amines) is 2. The number of carbonyl (C=O) groups excluding carboxylic acids is 2. The molecule has 2 saturated carbocycles. The van der Waals surface area contributed by atoms with Gasteiger partial charge in [-0.15, -0.1) is 0 Å².